The fourth-order valence-corrected chi connectivity index (χ4v) is 5.59. The molecule has 1 aliphatic heterocycles. The molecule has 2 heterocycles. The number of esters is 1. The average molecular weight is 596 g/mol. The molecule has 0 saturated carbocycles. The fraction of sp³-hybridized carbons (Fsp3) is 0.233. The second kappa shape index (κ2) is 12.4. The van der Waals surface area contributed by atoms with Crippen LogP contribution in [0, 0.1) is 0 Å². The van der Waals surface area contributed by atoms with Crippen molar-refractivity contribution in [2.45, 2.75) is 50.4 Å². The summed E-state index contributed by atoms with van der Waals surface area (Å²) < 4.78 is 13.5. The Balaban J connectivity index is 1.46. The van der Waals surface area contributed by atoms with Crippen LogP contribution in [0.3, 0.4) is 0 Å². The molecule has 206 valence electrons. The lowest BCUT2D eigenvalue weighted by atomic mass is 9.95. The minimum Gasteiger partial charge on any atom is -0.489 e. The number of ether oxygens (including phenoxy) is 2. The van der Waals surface area contributed by atoms with Crippen LogP contribution in [0.2, 0.25) is 10.0 Å². The van der Waals surface area contributed by atoms with E-state index in [2.05, 4.69) is 17.4 Å². The Morgan fingerprint density at radius 2 is 1.88 bits per heavy atom. The van der Waals surface area contributed by atoms with Gasteiger partial charge in [0.15, 0.2) is 0 Å². The second-order valence-electron chi connectivity index (χ2n) is 9.55. The molecular formula is C30H28Cl2N4O3S. The van der Waals surface area contributed by atoms with E-state index in [1.165, 1.54) is 17.3 Å². The average Bonchev–Trinajstić information content (AvgIpc) is 3.33. The Bertz CT molecular complexity index is 1560. The van der Waals surface area contributed by atoms with Crippen molar-refractivity contribution in [1.29, 1.82) is 0 Å². The predicted octanol–water partition coefficient (Wildman–Crippen LogP) is 7.70. The normalized spacial score (nSPS) is 14.6. The maximum absolute atomic E-state index is 13.3. The first-order valence-electron chi connectivity index (χ1n) is 12.8. The third-order valence-corrected chi connectivity index (χ3v) is 7.69. The number of rotatable bonds is 9. The molecule has 1 atom stereocenters. The van der Waals surface area contributed by atoms with E-state index < -0.39 is 12.0 Å². The number of anilines is 1. The van der Waals surface area contributed by atoms with Gasteiger partial charge < -0.3 is 14.8 Å². The molecule has 0 fully saturated rings. The van der Waals surface area contributed by atoms with Crippen molar-refractivity contribution < 1.29 is 14.3 Å². The summed E-state index contributed by atoms with van der Waals surface area (Å²) in [6.07, 6.45) is -0.277. The summed E-state index contributed by atoms with van der Waals surface area (Å²) in [5.74, 6) is 1.49. The molecule has 10 heteroatoms. The van der Waals surface area contributed by atoms with Crippen molar-refractivity contribution in [3.63, 3.8) is 0 Å². The molecule has 3 aromatic carbocycles. The van der Waals surface area contributed by atoms with Gasteiger partial charge in [-0.1, -0.05) is 83.5 Å². The van der Waals surface area contributed by atoms with Gasteiger partial charge in [0, 0.05) is 27.1 Å². The molecule has 0 spiro atoms. The molecule has 5 rings (SSSR count). The van der Waals surface area contributed by atoms with Crippen LogP contribution in [0.25, 0.3) is 0 Å². The highest BCUT2D eigenvalue weighted by Crippen LogP contribution is 2.38. The molecule has 1 aliphatic rings. The minimum absolute atomic E-state index is 0.262. The van der Waals surface area contributed by atoms with Crippen LogP contribution in [-0.4, -0.2) is 26.8 Å². The Kier molecular flexibility index (Phi) is 8.69. The topological polar surface area (TPSA) is 78.3 Å². The van der Waals surface area contributed by atoms with Crippen LogP contribution >= 0.6 is 35.0 Å². The first-order chi connectivity index (χ1) is 19.3. The van der Waals surface area contributed by atoms with Gasteiger partial charge in [-0.25, -0.2) is 9.48 Å². The van der Waals surface area contributed by atoms with Crippen molar-refractivity contribution in [2.75, 3.05) is 5.32 Å². The van der Waals surface area contributed by atoms with Crippen LogP contribution in [0.4, 0.5) is 5.95 Å². The number of benzene rings is 3. The number of fused-ring (bicyclic) bond motifs is 1. The number of carbonyl (C=O) groups is 1. The monoisotopic (exact) mass is 594 g/mol. The van der Waals surface area contributed by atoms with Crippen molar-refractivity contribution in [2.24, 2.45) is 0 Å². The molecule has 7 nitrogen and oxygen atoms in total. The zero-order valence-corrected chi connectivity index (χ0v) is 24.6. The van der Waals surface area contributed by atoms with Gasteiger partial charge in [-0.2, -0.15) is 4.98 Å². The lowest BCUT2D eigenvalue weighted by Crippen LogP contribution is -2.30. The maximum Gasteiger partial charge on any atom is 0.338 e. The van der Waals surface area contributed by atoms with Crippen LogP contribution < -0.4 is 10.1 Å². The van der Waals surface area contributed by atoms with Crippen LogP contribution in [0.15, 0.2) is 89.2 Å². The molecule has 1 aromatic heterocycles. The first-order valence-corrected chi connectivity index (χ1v) is 14.5. The Morgan fingerprint density at radius 1 is 1.07 bits per heavy atom. The number of hydrogen-bond acceptors (Lipinski definition) is 7. The first kappa shape index (κ1) is 28.1. The lowest BCUT2D eigenvalue weighted by Gasteiger charge is -2.28. The van der Waals surface area contributed by atoms with Gasteiger partial charge in [-0.15, -0.1) is 5.10 Å². The lowest BCUT2D eigenvalue weighted by molar-refractivity contribution is -0.143. The van der Waals surface area contributed by atoms with Crippen molar-refractivity contribution in [3.8, 4) is 5.75 Å². The summed E-state index contributed by atoms with van der Waals surface area (Å²) in [7, 11) is 0. The maximum atomic E-state index is 13.3. The Morgan fingerprint density at radius 3 is 2.62 bits per heavy atom. The third-order valence-electron chi connectivity index (χ3n) is 6.19. The number of nitrogens with one attached hydrogen (secondary N) is 1. The van der Waals surface area contributed by atoms with Gasteiger partial charge in [-0.3, -0.25) is 0 Å². The van der Waals surface area contributed by atoms with Gasteiger partial charge in [0.1, 0.15) is 18.4 Å². The molecule has 0 radical (unpaired) electrons. The smallest absolute Gasteiger partial charge is 0.338 e. The van der Waals surface area contributed by atoms with Gasteiger partial charge in [0.05, 0.1) is 11.7 Å². The molecule has 0 amide bonds. The molecule has 4 aromatic rings. The van der Waals surface area contributed by atoms with Crippen molar-refractivity contribution >= 4 is 46.9 Å². The Hall–Kier alpha value is -3.46. The van der Waals surface area contributed by atoms with Crippen LogP contribution in [0.1, 0.15) is 43.5 Å². The molecule has 1 N–H and O–H groups in total. The highest BCUT2D eigenvalue weighted by Gasteiger charge is 2.35. The van der Waals surface area contributed by atoms with E-state index in [9.17, 15) is 4.79 Å². The van der Waals surface area contributed by atoms with E-state index in [-0.39, 0.29) is 12.7 Å². The summed E-state index contributed by atoms with van der Waals surface area (Å²) in [6, 6.07) is 22.5. The molecular weight excluding hydrogens is 567 g/mol. The van der Waals surface area contributed by atoms with E-state index in [0.717, 1.165) is 16.9 Å². The van der Waals surface area contributed by atoms with Gasteiger partial charge in [0.25, 0.3) is 0 Å². The second-order valence-corrected chi connectivity index (χ2v) is 11.3. The SMILES string of the molecule is CC1=C(C(=O)OC(C)C)C(c2cccc(OCc3ccc(Cl)cc3Cl)c2)n2nc(SCc3ccccc3)nc2N1. The van der Waals surface area contributed by atoms with Crippen molar-refractivity contribution in [1.82, 2.24) is 14.8 Å². The fourth-order valence-electron chi connectivity index (χ4n) is 4.34. The largest absolute Gasteiger partial charge is 0.489 e. The number of nitrogens with zero attached hydrogens (tertiary/aromatic N) is 3. The molecule has 0 bridgehead atoms. The standard InChI is InChI=1S/C30H28Cl2N4O3S/c1-18(2)39-28(37)26-19(3)33-29-34-30(40-17-20-8-5-4-6-9-20)35-36(29)27(26)21-10-7-11-24(14-21)38-16-22-12-13-23(31)15-25(22)32/h4-15,18,27H,16-17H2,1-3H3,(H,33,34,35). The van der Waals surface area contributed by atoms with E-state index >= 15 is 0 Å². The van der Waals surface area contributed by atoms with Crippen molar-refractivity contribution in [3.05, 3.63) is 111 Å². The minimum atomic E-state index is -0.566. The van der Waals surface area contributed by atoms with Crippen LogP contribution in [0.5, 0.6) is 5.75 Å². The number of halogens is 2. The number of hydrogen-bond donors (Lipinski definition) is 1. The summed E-state index contributed by atoms with van der Waals surface area (Å²) in [6.45, 7) is 5.77. The highest BCUT2D eigenvalue weighted by molar-refractivity contribution is 7.98. The predicted molar refractivity (Wildman–Crippen MR) is 159 cm³/mol. The van der Waals surface area contributed by atoms with Gasteiger partial charge in [0.2, 0.25) is 11.1 Å². The summed E-state index contributed by atoms with van der Waals surface area (Å²) in [4.78, 5) is 18.1. The highest BCUT2D eigenvalue weighted by atomic mass is 35.5. The van der Waals surface area contributed by atoms with Gasteiger partial charge >= 0.3 is 5.97 Å². The quantitative estimate of drug-likeness (QED) is 0.157. The van der Waals surface area contributed by atoms with Crippen LogP contribution in [-0.2, 0) is 21.9 Å². The molecule has 40 heavy (non-hydrogen) atoms. The number of carbonyl (C=O) groups excluding carboxylic acids is 1. The summed E-state index contributed by atoms with van der Waals surface area (Å²) in [5.41, 5.74) is 3.92. The zero-order valence-electron chi connectivity index (χ0n) is 22.2. The third kappa shape index (κ3) is 6.46. The van der Waals surface area contributed by atoms with E-state index in [4.69, 9.17) is 42.8 Å². The van der Waals surface area contributed by atoms with E-state index in [1.807, 2.05) is 69.3 Å². The molecule has 1 unspecified atom stereocenters. The summed E-state index contributed by atoms with van der Waals surface area (Å²) >= 11 is 13.9. The van der Waals surface area contributed by atoms with Gasteiger partial charge in [-0.05, 0) is 56.2 Å². The Labute approximate surface area is 247 Å². The van der Waals surface area contributed by atoms with E-state index in [1.54, 1.807) is 16.8 Å². The number of thioether (sulfide) groups is 1. The molecule has 0 aliphatic carbocycles. The zero-order chi connectivity index (χ0) is 28.2. The molecule has 0 saturated heterocycles. The van der Waals surface area contributed by atoms with E-state index in [0.29, 0.717) is 38.2 Å². The number of aromatic nitrogens is 3. The number of allylic oxidation sites excluding steroid dienone is 1. The summed E-state index contributed by atoms with van der Waals surface area (Å²) in [5, 5.41) is 9.76.